The Bertz CT molecular complexity index is 723. The largest absolute Gasteiger partial charge is 0.300 e. The Kier molecular flexibility index (Phi) is 21.8. The molecule has 2 aliphatic rings. The predicted molar refractivity (Wildman–Crippen MR) is 168 cm³/mol. The number of nitrogens with one attached hydrogen (secondary N) is 1. The van der Waals surface area contributed by atoms with Crippen LogP contribution in [0, 0.1) is 0 Å². The third-order valence-electron chi connectivity index (χ3n) is 7.50. The van der Waals surface area contributed by atoms with Crippen molar-refractivity contribution in [2.45, 2.75) is 131 Å². The Labute approximate surface area is 243 Å². The molecule has 1 unspecified atom stereocenters. The first-order chi connectivity index (χ1) is 17.7. The zero-order valence-corrected chi connectivity index (χ0v) is 24.5. The van der Waals surface area contributed by atoms with Crippen molar-refractivity contribution < 1.29 is 9.59 Å². The SMILES string of the molecule is C.C.CBr.CCCCCCCCCCCCCCCCCC1NCCN1CN1C(=O)c2ccccc2C1=O. The molecule has 1 aromatic rings. The minimum Gasteiger partial charge on any atom is -0.300 e. The van der Waals surface area contributed by atoms with Gasteiger partial charge in [0.05, 0.1) is 24.0 Å². The molecule has 0 spiro atoms. The zero-order valence-electron chi connectivity index (χ0n) is 22.9. The minimum absolute atomic E-state index is 0. The second-order valence-electron chi connectivity index (χ2n) is 10.2. The van der Waals surface area contributed by atoms with Crippen LogP contribution >= 0.6 is 15.9 Å². The minimum atomic E-state index is -0.154. The van der Waals surface area contributed by atoms with Crippen molar-refractivity contribution >= 4 is 27.7 Å². The summed E-state index contributed by atoms with van der Waals surface area (Å²) in [6.45, 7) is 4.48. The van der Waals surface area contributed by atoms with Crippen molar-refractivity contribution in [2.75, 3.05) is 25.6 Å². The second kappa shape index (κ2) is 22.6. The number of benzene rings is 1. The van der Waals surface area contributed by atoms with E-state index >= 15 is 0 Å². The highest BCUT2D eigenvalue weighted by Crippen LogP contribution is 2.24. The van der Waals surface area contributed by atoms with E-state index in [1.54, 1.807) is 12.1 Å². The van der Waals surface area contributed by atoms with Gasteiger partial charge in [-0.2, -0.15) is 0 Å². The third-order valence-corrected chi connectivity index (χ3v) is 7.50. The van der Waals surface area contributed by atoms with Crippen LogP contribution < -0.4 is 5.32 Å². The Hall–Kier alpha value is -1.24. The van der Waals surface area contributed by atoms with Crippen LogP contribution in [-0.2, 0) is 0 Å². The molecule has 2 heterocycles. The van der Waals surface area contributed by atoms with E-state index < -0.39 is 0 Å². The van der Waals surface area contributed by atoms with E-state index in [1.165, 1.54) is 101 Å². The molecule has 1 saturated heterocycles. The van der Waals surface area contributed by atoms with E-state index in [0.717, 1.165) is 19.5 Å². The van der Waals surface area contributed by atoms with Crippen molar-refractivity contribution in [3.63, 3.8) is 0 Å². The maximum Gasteiger partial charge on any atom is 0.262 e. The van der Waals surface area contributed by atoms with Crippen molar-refractivity contribution in [1.82, 2.24) is 15.1 Å². The number of amides is 2. The van der Waals surface area contributed by atoms with E-state index in [1.807, 2.05) is 18.0 Å². The number of alkyl halides is 1. The maximum atomic E-state index is 12.7. The van der Waals surface area contributed by atoms with Crippen molar-refractivity contribution in [2.24, 2.45) is 0 Å². The number of rotatable bonds is 18. The summed E-state index contributed by atoms with van der Waals surface area (Å²) >= 11 is 2.94. The first-order valence-electron chi connectivity index (χ1n) is 14.5. The molecule has 1 N–H and O–H groups in total. The van der Waals surface area contributed by atoms with Crippen LogP contribution in [0.3, 0.4) is 0 Å². The van der Waals surface area contributed by atoms with Crippen LogP contribution in [0.25, 0.3) is 0 Å². The molecular formula is C32H58BrN3O2. The Morgan fingerprint density at radius 2 is 1.16 bits per heavy atom. The standard InChI is InChI=1S/C29H47N3O2.CH3Br.2CH4/c1-2-3-4-5-6-7-8-9-10-11-12-13-14-15-16-21-27-30-22-23-31(27)24-32-28(33)25-19-17-18-20-26(25)29(32)34;1-2;;/h17-20,27,30H,2-16,21-24H2,1H3;1H3;2*1H4. The summed E-state index contributed by atoms with van der Waals surface area (Å²) in [5, 5.41) is 3.56. The second-order valence-corrected chi connectivity index (χ2v) is 10.2. The van der Waals surface area contributed by atoms with E-state index in [0.29, 0.717) is 17.8 Å². The van der Waals surface area contributed by atoms with Gasteiger partial charge in [-0.15, -0.1) is 0 Å². The van der Waals surface area contributed by atoms with E-state index in [2.05, 4.69) is 33.1 Å². The molecule has 0 saturated carbocycles. The van der Waals surface area contributed by atoms with Gasteiger partial charge in [0, 0.05) is 13.1 Å². The van der Waals surface area contributed by atoms with Gasteiger partial charge >= 0.3 is 0 Å². The number of nitrogens with zero attached hydrogens (tertiary/aromatic N) is 2. The molecule has 1 aromatic carbocycles. The first-order valence-corrected chi connectivity index (χ1v) is 16.1. The molecule has 0 aliphatic carbocycles. The highest BCUT2D eigenvalue weighted by molar-refractivity contribution is 9.08. The van der Waals surface area contributed by atoms with Crippen molar-refractivity contribution in [1.29, 1.82) is 0 Å². The van der Waals surface area contributed by atoms with E-state index in [9.17, 15) is 9.59 Å². The van der Waals surface area contributed by atoms with Gasteiger partial charge in [0.15, 0.2) is 0 Å². The Morgan fingerprint density at radius 3 is 1.61 bits per heavy atom. The maximum absolute atomic E-state index is 12.7. The highest BCUT2D eigenvalue weighted by Gasteiger charge is 2.37. The topological polar surface area (TPSA) is 52.6 Å². The number of imide groups is 1. The van der Waals surface area contributed by atoms with Gasteiger partial charge in [0.1, 0.15) is 0 Å². The monoisotopic (exact) mass is 595 g/mol. The number of unbranched alkanes of at least 4 members (excludes halogenated alkanes) is 14. The quantitative estimate of drug-likeness (QED) is 0.104. The molecule has 2 aliphatic heterocycles. The smallest absolute Gasteiger partial charge is 0.262 e. The summed E-state index contributed by atoms with van der Waals surface area (Å²) in [5.41, 5.74) is 1.08. The van der Waals surface area contributed by atoms with Crippen molar-refractivity contribution in [3.8, 4) is 0 Å². The summed E-state index contributed by atoms with van der Waals surface area (Å²) in [5.74, 6) is 1.50. The van der Waals surface area contributed by atoms with Gasteiger partial charge in [-0.05, 0) is 24.4 Å². The van der Waals surface area contributed by atoms with Gasteiger partial charge in [-0.1, -0.05) is 146 Å². The number of carbonyl (C=O) groups excluding carboxylic acids is 2. The summed E-state index contributed by atoms with van der Waals surface area (Å²) in [7, 11) is 0. The van der Waals surface area contributed by atoms with Crippen LogP contribution in [0.5, 0.6) is 0 Å². The molecule has 1 atom stereocenters. The summed E-state index contributed by atoms with van der Waals surface area (Å²) in [6.07, 6.45) is 22.0. The summed E-state index contributed by atoms with van der Waals surface area (Å²) < 4.78 is 0. The fourth-order valence-electron chi connectivity index (χ4n) is 5.37. The fraction of sp³-hybridized carbons (Fsp3) is 0.750. The van der Waals surface area contributed by atoms with E-state index in [-0.39, 0.29) is 32.8 Å². The zero-order chi connectivity index (χ0) is 26.0. The third kappa shape index (κ3) is 12.3. The normalized spacial score (nSPS) is 16.5. The number of halogens is 1. The lowest BCUT2D eigenvalue weighted by Gasteiger charge is -2.27. The number of carbonyl (C=O) groups is 2. The van der Waals surface area contributed by atoms with Gasteiger partial charge < -0.3 is 5.32 Å². The first kappa shape index (κ1) is 36.8. The molecule has 0 radical (unpaired) electrons. The van der Waals surface area contributed by atoms with Crippen molar-refractivity contribution in [3.05, 3.63) is 35.4 Å². The average Bonchev–Trinajstić information content (AvgIpc) is 3.45. The molecule has 0 aromatic heterocycles. The predicted octanol–water partition coefficient (Wildman–Crippen LogP) is 9.02. The van der Waals surface area contributed by atoms with Crippen LogP contribution in [0.4, 0.5) is 0 Å². The Balaban J connectivity index is 0.00000334. The highest BCUT2D eigenvalue weighted by atomic mass is 79.9. The summed E-state index contributed by atoms with van der Waals surface area (Å²) in [4.78, 5) is 29.0. The molecule has 1 fully saturated rings. The molecule has 6 heteroatoms. The van der Waals surface area contributed by atoms with Crippen LogP contribution in [-0.4, -0.2) is 53.4 Å². The van der Waals surface area contributed by atoms with E-state index in [4.69, 9.17) is 0 Å². The lowest BCUT2D eigenvalue weighted by Crippen LogP contribution is -2.45. The molecule has 220 valence electrons. The van der Waals surface area contributed by atoms with Gasteiger partial charge in [0.2, 0.25) is 0 Å². The number of fused-ring (bicyclic) bond motifs is 1. The van der Waals surface area contributed by atoms with Crippen LogP contribution in [0.2, 0.25) is 0 Å². The molecular weight excluding hydrogens is 538 g/mol. The lowest BCUT2D eigenvalue weighted by atomic mass is 10.0. The molecule has 2 amide bonds. The van der Waals surface area contributed by atoms with Crippen LogP contribution in [0.1, 0.15) is 145 Å². The molecule has 38 heavy (non-hydrogen) atoms. The number of hydrogen-bond donors (Lipinski definition) is 1. The lowest BCUT2D eigenvalue weighted by molar-refractivity contribution is 0.0515. The fourth-order valence-corrected chi connectivity index (χ4v) is 5.37. The average molecular weight is 597 g/mol. The molecule has 3 rings (SSSR count). The van der Waals surface area contributed by atoms with Gasteiger partial charge in [-0.3, -0.25) is 19.4 Å². The molecule has 5 nitrogen and oxygen atoms in total. The number of hydrogen-bond acceptors (Lipinski definition) is 4. The van der Waals surface area contributed by atoms with Gasteiger partial charge in [0.25, 0.3) is 11.8 Å². The molecule has 0 bridgehead atoms. The van der Waals surface area contributed by atoms with Crippen LogP contribution in [0.15, 0.2) is 24.3 Å². The Morgan fingerprint density at radius 1 is 0.737 bits per heavy atom. The summed E-state index contributed by atoms with van der Waals surface area (Å²) in [6, 6.07) is 7.16. The van der Waals surface area contributed by atoms with Gasteiger partial charge in [-0.25, -0.2) is 0 Å².